The van der Waals surface area contributed by atoms with Crippen molar-refractivity contribution >= 4 is 5.97 Å². The van der Waals surface area contributed by atoms with Gasteiger partial charge in [0, 0.05) is 19.2 Å². The Balaban J connectivity index is 2.15. The number of carbonyl (C=O) groups is 1. The Labute approximate surface area is 119 Å². The summed E-state index contributed by atoms with van der Waals surface area (Å²) >= 11 is 0. The van der Waals surface area contributed by atoms with E-state index in [2.05, 4.69) is 16.9 Å². The van der Waals surface area contributed by atoms with E-state index in [0.717, 1.165) is 50.2 Å². The monoisotopic (exact) mass is 278 g/mol. The molecule has 0 N–H and O–H groups in total. The average molecular weight is 278 g/mol. The Morgan fingerprint density at radius 3 is 3.00 bits per heavy atom. The lowest BCUT2D eigenvalue weighted by Gasteiger charge is -2.11. The minimum Gasteiger partial charge on any atom is -0.462 e. The molecule has 5 nitrogen and oxygen atoms in total. The highest BCUT2D eigenvalue weighted by molar-refractivity contribution is 5.90. The molecule has 1 aliphatic rings. The molecule has 1 aromatic rings. The fraction of sp³-hybridized carbons (Fsp3) is 0.667. The predicted octanol–water partition coefficient (Wildman–Crippen LogP) is 2.33. The summed E-state index contributed by atoms with van der Waals surface area (Å²) in [7, 11) is 0. The first-order valence-electron chi connectivity index (χ1n) is 7.38. The van der Waals surface area contributed by atoms with Crippen molar-refractivity contribution in [3.63, 3.8) is 0 Å². The number of hydrogen-bond acceptors (Lipinski definition) is 5. The number of ether oxygens (including phenoxy) is 2. The normalized spacial score (nSPS) is 18.2. The number of aryl methyl sites for hydroxylation is 1. The lowest BCUT2D eigenvalue weighted by molar-refractivity contribution is 0.0524. The molecule has 1 saturated heterocycles. The quantitative estimate of drug-likeness (QED) is 0.747. The van der Waals surface area contributed by atoms with Gasteiger partial charge in [-0.25, -0.2) is 14.8 Å². The summed E-state index contributed by atoms with van der Waals surface area (Å²) in [5.74, 6) is 0.424. The molecule has 2 heterocycles. The van der Waals surface area contributed by atoms with E-state index in [9.17, 15) is 4.79 Å². The number of rotatable bonds is 6. The van der Waals surface area contributed by atoms with Crippen molar-refractivity contribution in [1.29, 1.82) is 0 Å². The summed E-state index contributed by atoms with van der Waals surface area (Å²) in [5.41, 5.74) is 1.28. The van der Waals surface area contributed by atoms with Gasteiger partial charge >= 0.3 is 5.97 Å². The molecule has 0 aromatic carbocycles. The minimum atomic E-state index is -0.334. The van der Waals surface area contributed by atoms with Crippen LogP contribution in [0, 0.1) is 0 Å². The molecule has 1 aromatic heterocycles. The van der Waals surface area contributed by atoms with Gasteiger partial charge in [0.25, 0.3) is 0 Å². The molecule has 1 aliphatic heterocycles. The van der Waals surface area contributed by atoms with Gasteiger partial charge < -0.3 is 9.47 Å². The molecule has 0 aliphatic carbocycles. The number of nitrogens with zero attached hydrogens (tertiary/aromatic N) is 2. The van der Waals surface area contributed by atoms with E-state index < -0.39 is 0 Å². The van der Waals surface area contributed by atoms with Crippen LogP contribution in [0.1, 0.15) is 55.0 Å². The number of aromatic nitrogens is 2. The Morgan fingerprint density at radius 1 is 1.50 bits per heavy atom. The molecular formula is C15H22N2O3. The molecule has 2 rings (SSSR count). The van der Waals surface area contributed by atoms with Crippen molar-refractivity contribution in [2.45, 2.75) is 52.1 Å². The van der Waals surface area contributed by atoms with E-state index in [4.69, 9.17) is 9.47 Å². The maximum atomic E-state index is 11.9. The van der Waals surface area contributed by atoms with Gasteiger partial charge in [-0.3, -0.25) is 0 Å². The highest BCUT2D eigenvalue weighted by Gasteiger charge is 2.20. The largest absolute Gasteiger partial charge is 0.462 e. The summed E-state index contributed by atoms with van der Waals surface area (Å²) < 4.78 is 10.6. The highest BCUT2D eigenvalue weighted by atomic mass is 16.5. The number of hydrogen-bond donors (Lipinski definition) is 0. The van der Waals surface area contributed by atoms with Gasteiger partial charge in [0.05, 0.1) is 24.0 Å². The second-order valence-corrected chi connectivity index (χ2v) is 4.96. The fourth-order valence-electron chi connectivity index (χ4n) is 2.37. The first-order chi connectivity index (χ1) is 9.74. The van der Waals surface area contributed by atoms with E-state index >= 15 is 0 Å². The lowest BCUT2D eigenvalue weighted by atomic mass is 10.1. The van der Waals surface area contributed by atoms with E-state index in [-0.39, 0.29) is 12.1 Å². The molecule has 0 spiro atoms. The molecular weight excluding hydrogens is 256 g/mol. The molecule has 0 bridgehead atoms. The van der Waals surface area contributed by atoms with Gasteiger partial charge in [0.15, 0.2) is 0 Å². The minimum absolute atomic E-state index is 0.220. The van der Waals surface area contributed by atoms with Crippen molar-refractivity contribution in [3.05, 3.63) is 23.3 Å². The molecule has 20 heavy (non-hydrogen) atoms. The summed E-state index contributed by atoms with van der Waals surface area (Å²) in [6.45, 7) is 5.05. The van der Waals surface area contributed by atoms with Crippen molar-refractivity contribution in [2.24, 2.45) is 0 Å². The standard InChI is InChI=1S/C15H22N2O3/c1-3-6-13-12(15(18)19-4-2)10-16-14(17-13)9-11-7-5-8-20-11/h10-11H,3-9H2,1-2H3. The maximum absolute atomic E-state index is 11.9. The van der Waals surface area contributed by atoms with Crippen LogP contribution in [-0.4, -0.2) is 35.3 Å². The Bertz CT molecular complexity index is 456. The van der Waals surface area contributed by atoms with Crippen LogP contribution in [0.4, 0.5) is 0 Å². The van der Waals surface area contributed by atoms with Crippen molar-refractivity contribution in [3.8, 4) is 0 Å². The molecule has 0 saturated carbocycles. The van der Waals surface area contributed by atoms with Crippen LogP contribution >= 0.6 is 0 Å². The third kappa shape index (κ3) is 3.76. The second kappa shape index (κ2) is 7.33. The molecule has 0 radical (unpaired) electrons. The zero-order valence-electron chi connectivity index (χ0n) is 12.2. The number of esters is 1. The first kappa shape index (κ1) is 14.9. The van der Waals surface area contributed by atoms with Gasteiger partial charge in [-0.1, -0.05) is 13.3 Å². The lowest BCUT2D eigenvalue weighted by Crippen LogP contribution is -2.16. The Kier molecular flexibility index (Phi) is 5.47. The number of carbonyl (C=O) groups excluding carboxylic acids is 1. The summed E-state index contributed by atoms with van der Waals surface area (Å²) in [6, 6.07) is 0. The second-order valence-electron chi connectivity index (χ2n) is 4.96. The first-order valence-corrected chi connectivity index (χ1v) is 7.38. The third-order valence-electron chi connectivity index (χ3n) is 3.33. The van der Waals surface area contributed by atoms with Crippen molar-refractivity contribution in [2.75, 3.05) is 13.2 Å². The fourth-order valence-corrected chi connectivity index (χ4v) is 2.37. The molecule has 5 heteroatoms. The van der Waals surface area contributed by atoms with E-state index in [1.807, 2.05) is 0 Å². The Morgan fingerprint density at radius 2 is 2.35 bits per heavy atom. The Hall–Kier alpha value is -1.49. The summed E-state index contributed by atoms with van der Waals surface area (Å²) in [5, 5.41) is 0. The van der Waals surface area contributed by atoms with Gasteiger partial charge in [0.1, 0.15) is 5.82 Å². The van der Waals surface area contributed by atoms with Gasteiger partial charge in [-0.05, 0) is 26.2 Å². The zero-order chi connectivity index (χ0) is 14.4. The maximum Gasteiger partial charge on any atom is 0.341 e. The molecule has 110 valence electrons. The van der Waals surface area contributed by atoms with E-state index in [1.165, 1.54) is 0 Å². The van der Waals surface area contributed by atoms with Crippen LogP contribution in [-0.2, 0) is 22.3 Å². The van der Waals surface area contributed by atoms with Gasteiger partial charge in [-0.15, -0.1) is 0 Å². The van der Waals surface area contributed by atoms with Crippen LogP contribution < -0.4 is 0 Å². The smallest absolute Gasteiger partial charge is 0.341 e. The van der Waals surface area contributed by atoms with Crippen LogP contribution in [0.5, 0.6) is 0 Å². The average Bonchev–Trinajstić information content (AvgIpc) is 2.92. The van der Waals surface area contributed by atoms with Crippen LogP contribution in [0.15, 0.2) is 6.20 Å². The molecule has 0 amide bonds. The van der Waals surface area contributed by atoms with E-state index in [0.29, 0.717) is 12.2 Å². The SMILES string of the molecule is CCCc1nc(CC2CCCO2)ncc1C(=O)OCC. The van der Waals surface area contributed by atoms with Crippen molar-refractivity contribution < 1.29 is 14.3 Å². The third-order valence-corrected chi connectivity index (χ3v) is 3.33. The van der Waals surface area contributed by atoms with E-state index in [1.54, 1.807) is 13.1 Å². The van der Waals surface area contributed by atoms with Gasteiger partial charge in [0.2, 0.25) is 0 Å². The molecule has 1 atom stereocenters. The van der Waals surface area contributed by atoms with Crippen molar-refractivity contribution in [1.82, 2.24) is 9.97 Å². The van der Waals surface area contributed by atoms with Gasteiger partial charge in [-0.2, -0.15) is 0 Å². The molecule has 1 unspecified atom stereocenters. The van der Waals surface area contributed by atoms with Crippen LogP contribution in [0.25, 0.3) is 0 Å². The summed E-state index contributed by atoms with van der Waals surface area (Å²) in [4.78, 5) is 20.7. The van der Waals surface area contributed by atoms with Crippen LogP contribution in [0.3, 0.4) is 0 Å². The predicted molar refractivity (Wildman–Crippen MR) is 74.7 cm³/mol. The topological polar surface area (TPSA) is 61.3 Å². The molecule has 1 fully saturated rings. The summed E-state index contributed by atoms with van der Waals surface area (Å²) in [6.07, 6.45) is 6.40. The zero-order valence-corrected chi connectivity index (χ0v) is 12.2. The van der Waals surface area contributed by atoms with Crippen LogP contribution in [0.2, 0.25) is 0 Å². The highest BCUT2D eigenvalue weighted by Crippen LogP contribution is 2.17.